The van der Waals surface area contributed by atoms with Crippen LogP contribution in [-0.2, 0) is 4.79 Å². The van der Waals surface area contributed by atoms with Gasteiger partial charge < -0.3 is 10.6 Å². The number of carbonyl (C=O) groups is 1. The third-order valence-electron chi connectivity index (χ3n) is 4.04. The zero-order valence-corrected chi connectivity index (χ0v) is 14.9. The largest absolute Gasteiger partial charge is 0.344 e. The smallest absolute Gasteiger partial charge is 0.234 e. The second kappa shape index (κ2) is 9.07. The maximum atomic E-state index is 12.3. The molecule has 0 heterocycles. The second-order valence-corrected chi connectivity index (χ2v) is 6.48. The molecule has 2 aromatic rings. The highest BCUT2D eigenvalue weighted by molar-refractivity contribution is 6.30. The zero-order valence-electron chi connectivity index (χ0n) is 13.4. The summed E-state index contributed by atoms with van der Waals surface area (Å²) < 4.78 is 0. The Morgan fingerprint density at radius 3 is 2.46 bits per heavy atom. The van der Waals surface area contributed by atoms with E-state index < -0.39 is 0 Å². The van der Waals surface area contributed by atoms with Crippen molar-refractivity contribution in [3.63, 3.8) is 0 Å². The summed E-state index contributed by atoms with van der Waals surface area (Å²) in [5.74, 6) is 0.764. The fraction of sp³-hybridized carbons (Fsp3) is 0.316. The lowest BCUT2D eigenvalue weighted by Crippen LogP contribution is -2.37. The van der Waals surface area contributed by atoms with E-state index in [-0.39, 0.29) is 24.4 Å². The van der Waals surface area contributed by atoms with Gasteiger partial charge in [0.25, 0.3) is 0 Å². The van der Waals surface area contributed by atoms with E-state index in [9.17, 15) is 4.79 Å². The van der Waals surface area contributed by atoms with Gasteiger partial charge in [0, 0.05) is 5.02 Å². The SMILES string of the molecule is Cl.O=C(CNCC1CC1)NC(c1ccccc1)c1cccc(Cl)c1. The van der Waals surface area contributed by atoms with Crippen molar-refractivity contribution in [2.75, 3.05) is 13.1 Å². The number of rotatable bonds is 7. The molecule has 1 aliphatic rings. The van der Waals surface area contributed by atoms with Crippen molar-refractivity contribution in [2.24, 2.45) is 5.92 Å². The van der Waals surface area contributed by atoms with Crippen LogP contribution in [0.3, 0.4) is 0 Å². The van der Waals surface area contributed by atoms with E-state index in [2.05, 4.69) is 10.6 Å². The molecule has 2 N–H and O–H groups in total. The first kappa shape index (κ1) is 18.8. The van der Waals surface area contributed by atoms with Crippen LogP contribution in [0.2, 0.25) is 5.02 Å². The van der Waals surface area contributed by atoms with Gasteiger partial charge in [0.1, 0.15) is 0 Å². The minimum absolute atomic E-state index is 0. The monoisotopic (exact) mass is 364 g/mol. The van der Waals surface area contributed by atoms with Crippen LogP contribution in [0.4, 0.5) is 0 Å². The quantitative estimate of drug-likeness (QED) is 0.780. The summed E-state index contributed by atoms with van der Waals surface area (Å²) >= 11 is 6.11. The maximum absolute atomic E-state index is 12.3. The van der Waals surface area contributed by atoms with Crippen LogP contribution in [0.1, 0.15) is 30.0 Å². The van der Waals surface area contributed by atoms with Crippen LogP contribution in [0.25, 0.3) is 0 Å². The predicted octanol–water partition coefficient (Wildman–Crippen LogP) is 3.97. The first-order chi connectivity index (χ1) is 11.2. The van der Waals surface area contributed by atoms with Gasteiger partial charge in [0.2, 0.25) is 5.91 Å². The molecule has 24 heavy (non-hydrogen) atoms. The standard InChI is InChI=1S/C19H21ClN2O.ClH/c20-17-8-4-7-16(11-17)19(15-5-2-1-3-6-15)22-18(23)13-21-12-14-9-10-14;/h1-8,11,14,19,21H,9-10,12-13H2,(H,22,23);1H. The Morgan fingerprint density at radius 2 is 1.79 bits per heavy atom. The molecule has 1 aliphatic carbocycles. The lowest BCUT2D eigenvalue weighted by Gasteiger charge is -2.20. The van der Waals surface area contributed by atoms with Gasteiger partial charge in [-0.1, -0.05) is 54.1 Å². The zero-order chi connectivity index (χ0) is 16.1. The average molecular weight is 365 g/mol. The summed E-state index contributed by atoms with van der Waals surface area (Å²) in [4.78, 5) is 12.3. The Balaban J connectivity index is 0.00000208. The molecule has 2 aromatic carbocycles. The molecule has 1 unspecified atom stereocenters. The van der Waals surface area contributed by atoms with Gasteiger partial charge in [-0.3, -0.25) is 4.79 Å². The summed E-state index contributed by atoms with van der Waals surface area (Å²) in [5.41, 5.74) is 2.03. The van der Waals surface area contributed by atoms with Gasteiger partial charge in [0.05, 0.1) is 12.6 Å². The minimum Gasteiger partial charge on any atom is -0.344 e. The van der Waals surface area contributed by atoms with Crippen molar-refractivity contribution < 1.29 is 4.79 Å². The third-order valence-corrected chi connectivity index (χ3v) is 4.27. The van der Waals surface area contributed by atoms with E-state index in [1.807, 2.05) is 54.6 Å². The second-order valence-electron chi connectivity index (χ2n) is 6.04. The summed E-state index contributed by atoms with van der Waals surface area (Å²) in [6.07, 6.45) is 2.56. The highest BCUT2D eigenvalue weighted by Crippen LogP contribution is 2.27. The lowest BCUT2D eigenvalue weighted by atomic mass is 9.98. The molecule has 0 spiro atoms. The van der Waals surface area contributed by atoms with E-state index in [0.717, 1.165) is 23.6 Å². The Hall–Kier alpha value is -1.55. The molecular formula is C19H22Cl2N2O. The van der Waals surface area contributed by atoms with Crippen molar-refractivity contribution in [3.05, 3.63) is 70.7 Å². The van der Waals surface area contributed by atoms with E-state index >= 15 is 0 Å². The number of hydrogen-bond acceptors (Lipinski definition) is 2. The molecule has 1 fully saturated rings. The van der Waals surface area contributed by atoms with Crippen LogP contribution >= 0.6 is 24.0 Å². The average Bonchev–Trinajstić information content (AvgIpc) is 3.38. The molecule has 3 rings (SSSR count). The van der Waals surface area contributed by atoms with Gasteiger partial charge in [0.15, 0.2) is 0 Å². The van der Waals surface area contributed by atoms with Crippen molar-refractivity contribution in [3.8, 4) is 0 Å². The van der Waals surface area contributed by atoms with Crippen molar-refractivity contribution in [1.29, 1.82) is 0 Å². The first-order valence-electron chi connectivity index (χ1n) is 8.03. The summed E-state index contributed by atoms with van der Waals surface area (Å²) in [6, 6.07) is 17.4. The number of amides is 1. The molecule has 0 aliphatic heterocycles. The number of carbonyl (C=O) groups excluding carboxylic acids is 1. The maximum Gasteiger partial charge on any atom is 0.234 e. The van der Waals surface area contributed by atoms with Crippen LogP contribution in [0.5, 0.6) is 0 Å². The van der Waals surface area contributed by atoms with Gasteiger partial charge >= 0.3 is 0 Å². The Kier molecular flexibility index (Phi) is 7.10. The number of hydrogen-bond donors (Lipinski definition) is 2. The van der Waals surface area contributed by atoms with E-state index in [1.165, 1.54) is 12.8 Å². The highest BCUT2D eigenvalue weighted by Gasteiger charge is 2.21. The van der Waals surface area contributed by atoms with Crippen LogP contribution in [0.15, 0.2) is 54.6 Å². The number of benzene rings is 2. The molecule has 0 saturated heterocycles. The fourth-order valence-corrected chi connectivity index (χ4v) is 2.81. The third kappa shape index (κ3) is 5.52. The first-order valence-corrected chi connectivity index (χ1v) is 8.40. The van der Waals surface area contributed by atoms with Crippen molar-refractivity contribution >= 4 is 29.9 Å². The fourth-order valence-electron chi connectivity index (χ4n) is 2.61. The Labute approximate surface area is 154 Å². The van der Waals surface area contributed by atoms with Crippen molar-refractivity contribution in [1.82, 2.24) is 10.6 Å². The highest BCUT2D eigenvalue weighted by atomic mass is 35.5. The summed E-state index contributed by atoms with van der Waals surface area (Å²) in [5, 5.41) is 7.01. The molecule has 1 saturated carbocycles. The van der Waals surface area contributed by atoms with Gasteiger partial charge in [-0.25, -0.2) is 0 Å². The summed E-state index contributed by atoms with van der Waals surface area (Å²) in [7, 11) is 0. The van der Waals surface area contributed by atoms with E-state index in [0.29, 0.717) is 11.6 Å². The molecule has 0 bridgehead atoms. The molecule has 0 radical (unpaired) electrons. The van der Waals surface area contributed by atoms with Gasteiger partial charge in [-0.15, -0.1) is 12.4 Å². The number of nitrogens with one attached hydrogen (secondary N) is 2. The van der Waals surface area contributed by atoms with Crippen LogP contribution in [0, 0.1) is 5.92 Å². The normalized spacial score (nSPS) is 14.5. The lowest BCUT2D eigenvalue weighted by molar-refractivity contribution is -0.120. The minimum atomic E-state index is -0.190. The Morgan fingerprint density at radius 1 is 1.08 bits per heavy atom. The van der Waals surface area contributed by atoms with Crippen LogP contribution in [-0.4, -0.2) is 19.0 Å². The van der Waals surface area contributed by atoms with E-state index in [4.69, 9.17) is 11.6 Å². The van der Waals surface area contributed by atoms with Gasteiger partial charge in [-0.2, -0.15) is 0 Å². The molecule has 5 heteroatoms. The molecule has 3 nitrogen and oxygen atoms in total. The van der Waals surface area contributed by atoms with Gasteiger partial charge in [-0.05, 0) is 48.6 Å². The molecule has 1 amide bonds. The van der Waals surface area contributed by atoms with Crippen molar-refractivity contribution in [2.45, 2.75) is 18.9 Å². The number of halogens is 2. The van der Waals surface area contributed by atoms with E-state index in [1.54, 1.807) is 0 Å². The summed E-state index contributed by atoms with van der Waals surface area (Å²) in [6.45, 7) is 1.28. The molecule has 0 aromatic heterocycles. The molecule has 1 atom stereocenters. The molecular weight excluding hydrogens is 343 g/mol. The topological polar surface area (TPSA) is 41.1 Å². The van der Waals surface area contributed by atoms with Crippen LogP contribution < -0.4 is 10.6 Å². The molecule has 128 valence electrons. The predicted molar refractivity (Wildman–Crippen MR) is 101 cm³/mol. The Bertz CT molecular complexity index is 659.